The fourth-order valence-electron chi connectivity index (χ4n) is 2.46. The van der Waals surface area contributed by atoms with Gasteiger partial charge in [-0.1, -0.05) is 0 Å². The van der Waals surface area contributed by atoms with Gasteiger partial charge in [-0.25, -0.2) is 4.98 Å². The Kier molecular flexibility index (Phi) is 4.96. The molecule has 0 N–H and O–H groups in total. The van der Waals surface area contributed by atoms with E-state index in [1.54, 1.807) is 19.0 Å². The van der Waals surface area contributed by atoms with Crippen LogP contribution in [0.25, 0.3) is 0 Å². The maximum Gasteiger partial charge on any atom is 0.433 e. The van der Waals surface area contributed by atoms with E-state index < -0.39 is 11.9 Å². The highest BCUT2D eigenvalue weighted by molar-refractivity contribution is 5.73. The number of rotatable bonds is 3. The summed E-state index contributed by atoms with van der Waals surface area (Å²) < 4.78 is 43.8. The van der Waals surface area contributed by atoms with Crippen molar-refractivity contribution in [1.82, 2.24) is 9.97 Å². The first kappa shape index (κ1) is 17.3. The van der Waals surface area contributed by atoms with E-state index in [1.165, 1.54) is 12.0 Å². The SMILES string of the molecule is COC(=O)[C@@H]1CCCN(c2nc(N(C)C)cc(C(F)(F)F)n2)C1. The third-order valence-corrected chi connectivity index (χ3v) is 3.69. The monoisotopic (exact) mass is 332 g/mol. The van der Waals surface area contributed by atoms with Crippen molar-refractivity contribution < 1.29 is 22.7 Å². The molecule has 0 saturated carbocycles. The first-order chi connectivity index (χ1) is 10.7. The van der Waals surface area contributed by atoms with Gasteiger partial charge in [0.25, 0.3) is 0 Å². The molecule has 2 heterocycles. The molecule has 1 atom stereocenters. The van der Waals surface area contributed by atoms with E-state index >= 15 is 0 Å². The van der Waals surface area contributed by atoms with E-state index in [9.17, 15) is 18.0 Å². The van der Waals surface area contributed by atoms with Crippen LogP contribution in [0, 0.1) is 5.92 Å². The van der Waals surface area contributed by atoms with E-state index in [1.807, 2.05) is 0 Å². The van der Waals surface area contributed by atoms with Gasteiger partial charge in [0.05, 0.1) is 13.0 Å². The van der Waals surface area contributed by atoms with E-state index in [0.717, 1.165) is 6.07 Å². The van der Waals surface area contributed by atoms with Gasteiger partial charge in [0, 0.05) is 33.3 Å². The summed E-state index contributed by atoms with van der Waals surface area (Å²) in [6.07, 6.45) is -3.25. The Balaban J connectivity index is 2.34. The smallest absolute Gasteiger partial charge is 0.433 e. The largest absolute Gasteiger partial charge is 0.469 e. The molecule has 0 amide bonds. The molecule has 1 saturated heterocycles. The van der Waals surface area contributed by atoms with Crippen LogP contribution in [-0.4, -0.2) is 50.2 Å². The van der Waals surface area contributed by atoms with Crippen LogP contribution in [0.1, 0.15) is 18.5 Å². The molecule has 2 rings (SSSR count). The number of carbonyl (C=O) groups is 1. The van der Waals surface area contributed by atoms with Crippen LogP contribution in [-0.2, 0) is 15.7 Å². The number of anilines is 2. The quantitative estimate of drug-likeness (QED) is 0.789. The molecule has 0 aliphatic carbocycles. The van der Waals surface area contributed by atoms with Gasteiger partial charge in [-0.3, -0.25) is 4.79 Å². The van der Waals surface area contributed by atoms with E-state index in [-0.39, 0.29) is 30.2 Å². The Hall–Kier alpha value is -2.06. The molecule has 0 unspecified atom stereocenters. The first-order valence-electron chi connectivity index (χ1n) is 7.18. The third kappa shape index (κ3) is 4.02. The number of hydrogen-bond acceptors (Lipinski definition) is 6. The highest BCUT2D eigenvalue weighted by Gasteiger charge is 2.35. The molecule has 1 aliphatic rings. The van der Waals surface area contributed by atoms with Crippen molar-refractivity contribution in [2.45, 2.75) is 19.0 Å². The number of carbonyl (C=O) groups excluding carboxylic acids is 1. The molecule has 1 aromatic heterocycles. The van der Waals surface area contributed by atoms with Crippen LogP contribution in [0.3, 0.4) is 0 Å². The maximum absolute atomic E-state index is 13.0. The van der Waals surface area contributed by atoms with E-state index in [2.05, 4.69) is 9.97 Å². The van der Waals surface area contributed by atoms with Crippen molar-refractivity contribution in [1.29, 1.82) is 0 Å². The second-order valence-corrected chi connectivity index (χ2v) is 5.61. The van der Waals surface area contributed by atoms with Crippen LogP contribution in [0.2, 0.25) is 0 Å². The third-order valence-electron chi connectivity index (χ3n) is 3.69. The zero-order valence-electron chi connectivity index (χ0n) is 13.2. The maximum atomic E-state index is 13.0. The van der Waals surface area contributed by atoms with Gasteiger partial charge in [0.1, 0.15) is 5.82 Å². The molecule has 1 fully saturated rings. The molecule has 23 heavy (non-hydrogen) atoms. The van der Waals surface area contributed by atoms with Crippen LogP contribution >= 0.6 is 0 Å². The van der Waals surface area contributed by atoms with Crippen LogP contribution in [0.4, 0.5) is 24.9 Å². The summed E-state index contributed by atoms with van der Waals surface area (Å²) in [4.78, 5) is 22.6. The zero-order valence-corrected chi connectivity index (χ0v) is 13.2. The van der Waals surface area contributed by atoms with Gasteiger partial charge in [-0.15, -0.1) is 0 Å². The molecule has 6 nitrogen and oxygen atoms in total. The lowest BCUT2D eigenvalue weighted by Crippen LogP contribution is -2.40. The van der Waals surface area contributed by atoms with Gasteiger partial charge in [-0.2, -0.15) is 18.2 Å². The van der Waals surface area contributed by atoms with Crippen molar-refractivity contribution in [3.8, 4) is 0 Å². The molecular weight excluding hydrogens is 313 g/mol. The highest BCUT2D eigenvalue weighted by atomic mass is 19.4. The number of aromatic nitrogens is 2. The average molecular weight is 332 g/mol. The summed E-state index contributed by atoms with van der Waals surface area (Å²) in [7, 11) is 4.52. The van der Waals surface area contributed by atoms with Crippen LogP contribution < -0.4 is 9.80 Å². The topological polar surface area (TPSA) is 58.6 Å². The molecule has 0 spiro atoms. The number of esters is 1. The lowest BCUT2D eigenvalue weighted by molar-refractivity contribution is -0.145. The van der Waals surface area contributed by atoms with Gasteiger partial charge in [-0.05, 0) is 12.8 Å². The normalized spacial score (nSPS) is 18.7. The molecule has 128 valence electrons. The number of ether oxygens (including phenoxy) is 1. The Bertz CT molecular complexity index is 578. The Labute approximate surface area is 132 Å². The van der Waals surface area contributed by atoms with Gasteiger partial charge < -0.3 is 14.5 Å². The number of alkyl halides is 3. The lowest BCUT2D eigenvalue weighted by Gasteiger charge is -2.32. The average Bonchev–Trinajstić information content (AvgIpc) is 2.53. The minimum absolute atomic E-state index is 0.0165. The first-order valence-corrected chi connectivity index (χ1v) is 7.18. The van der Waals surface area contributed by atoms with Crippen molar-refractivity contribution in [3.05, 3.63) is 11.8 Å². The molecule has 0 bridgehead atoms. The van der Waals surface area contributed by atoms with Crippen molar-refractivity contribution >= 4 is 17.7 Å². The fourth-order valence-corrected chi connectivity index (χ4v) is 2.46. The Morgan fingerprint density at radius 1 is 1.39 bits per heavy atom. The second kappa shape index (κ2) is 6.59. The summed E-state index contributed by atoms with van der Waals surface area (Å²) in [5, 5.41) is 0. The minimum atomic E-state index is -4.56. The summed E-state index contributed by atoms with van der Waals surface area (Å²) >= 11 is 0. The predicted octanol–water partition coefficient (Wildman–Crippen LogP) is 1.95. The van der Waals surface area contributed by atoms with Crippen molar-refractivity contribution in [2.75, 3.05) is 44.1 Å². The van der Waals surface area contributed by atoms with Crippen LogP contribution in [0.15, 0.2) is 6.07 Å². The number of methoxy groups -OCH3 is 1. The Morgan fingerprint density at radius 2 is 2.09 bits per heavy atom. The van der Waals surface area contributed by atoms with Crippen LogP contribution in [0.5, 0.6) is 0 Å². The second-order valence-electron chi connectivity index (χ2n) is 5.61. The van der Waals surface area contributed by atoms with Crippen molar-refractivity contribution in [3.63, 3.8) is 0 Å². The highest BCUT2D eigenvalue weighted by Crippen LogP contribution is 2.31. The lowest BCUT2D eigenvalue weighted by atomic mass is 9.98. The van der Waals surface area contributed by atoms with E-state index in [4.69, 9.17) is 4.74 Å². The predicted molar refractivity (Wildman–Crippen MR) is 78.3 cm³/mol. The number of piperidine rings is 1. The molecular formula is C14H19F3N4O2. The number of hydrogen-bond donors (Lipinski definition) is 0. The number of nitrogens with zero attached hydrogens (tertiary/aromatic N) is 4. The molecule has 0 aromatic carbocycles. The van der Waals surface area contributed by atoms with Gasteiger partial charge in [0.2, 0.25) is 5.95 Å². The summed E-state index contributed by atoms with van der Waals surface area (Å²) in [6.45, 7) is 0.753. The molecule has 1 aliphatic heterocycles. The number of halogens is 3. The molecule has 1 aromatic rings. The molecule has 9 heteroatoms. The van der Waals surface area contributed by atoms with Gasteiger partial charge in [0.15, 0.2) is 5.69 Å². The van der Waals surface area contributed by atoms with E-state index in [0.29, 0.717) is 19.4 Å². The van der Waals surface area contributed by atoms with Crippen molar-refractivity contribution in [2.24, 2.45) is 5.92 Å². The minimum Gasteiger partial charge on any atom is -0.469 e. The summed E-state index contributed by atoms with van der Waals surface area (Å²) in [5.41, 5.74) is -0.994. The fraction of sp³-hybridized carbons (Fsp3) is 0.643. The molecule has 0 radical (unpaired) electrons. The Morgan fingerprint density at radius 3 is 2.65 bits per heavy atom. The van der Waals surface area contributed by atoms with Gasteiger partial charge >= 0.3 is 12.1 Å². The zero-order chi connectivity index (χ0) is 17.2. The summed E-state index contributed by atoms with van der Waals surface area (Å²) in [6, 6.07) is 0.908. The summed E-state index contributed by atoms with van der Waals surface area (Å²) in [5.74, 6) is -0.594. The standard InChI is InChI=1S/C14H19F3N4O2/c1-20(2)11-7-10(14(15,16)17)18-13(19-11)21-6-4-5-9(8-21)12(22)23-3/h7,9H,4-6,8H2,1-3H3/t9-/m1/s1.